The van der Waals surface area contributed by atoms with E-state index in [0.717, 1.165) is 39.0 Å². The fourth-order valence-electron chi connectivity index (χ4n) is 4.21. The van der Waals surface area contributed by atoms with Gasteiger partial charge in [0.05, 0.1) is 14.2 Å². The summed E-state index contributed by atoms with van der Waals surface area (Å²) in [6, 6.07) is 14.5. The highest BCUT2D eigenvalue weighted by Crippen LogP contribution is 2.29. The summed E-state index contributed by atoms with van der Waals surface area (Å²) in [5.74, 6) is 1.29. The van der Waals surface area contributed by atoms with E-state index in [1.165, 1.54) is 11.1 Å². The second-order valence-electron chi connectivity index (χ2n) is 7.25. The molecule has 1 saturated heterocycles. The van der Waals surface area contributed by atoms with Gasteiger partial charge in [0.2, 0.25) is 0 Å². The van der Waals surface area contributed by atoms with E-state index < -0.39 is 0 Å². The lowest BCUT2D eigenvalue weighted by atomic mass is 9.98. The fourth-order valence-corrected chi connectivity index (χ4v) is 4.21. The molecule has 0 radical (unpaired) electrons. The van der Waals surface area contributed by atoms with Gasteiger partial charge in [-0.05, 0) is 42.2 Å². The van der Waals surface area contributed by atoms with Crippen LogP contribution >= 0.6 is 0 Å². The van der Waals surface area contributed by atoms with E-state index in [9.17, 15) is 4.79 Å². The van der Waals surface area contributed by atoms with E-state index in [0.29, 0.717) is 23.1 Å². The van der Waals surface area contributed by atoms with Gasteiger partial charge >= 0.3 is 0 Å². The monoisotopic (exact) mass is 366 g/mol. The second-order valence-corrected chi connectivity index (χ2v) is 7.25. The van der Waals surface area contributed by atoms with E-state index in [1.807, 2.05) is 11.0 Å². The molecule has 1 fully saturated rings. The highest BCUT2D eigenvalue weighted by atomic mass is 16.5. The number of hydrogen-bond acceptors (Lipinski definition) is 4. The third-order valence-corrected chi connectivity index (χ3v) is 5.76. The van der Waals surface area contributed by atoms with E-state index >= 15 is 0 Å². The third-order valence-electron chi connectivity index (χ3n) is 5.76. The van der Waals surface area contributed by atoms with Crippen molar-refractivity contribution in [3.05, 3.63) is 59.2 Å². The smallest absolute Gasteiger partial charge is 0.254 e. The van der Waals surface area contributed by atoms with Crippen LogP contribution in [0.1, 0.15) is 27.9 Å². The molecule has 0 bridgehead atoms. The molecule has 2 aliphatic rings. The first-order chi connectivity index (χ1) is 13.2. The van der Waals surface area contributed by atoms with Gasteiger partial charge in [0.1, 0.15) is 0 Å². The van der Waals surface area contributed by atoms with Gasteiger partial charge in [0, 0.05) is 37.8 Å². The summed E-state index contributed by atoms with van der Waals surface area (Å²) in [4.78, 5) is 17.4. The molecule has 2 aromatic carbocycles. The summed E-state index contributed by atoms with van der Waals surface area (Å²) in [6.45, 7) is 3.64. The van der Waals surface area contributed by atoms with E-state index in [1.54, 1.807) is 26.4 Å². The summed E-state index contributed by atoms with van der Waals surface area (Å²) >= 11 is 0. The minimum Gasteiger partial charge on any atom is -0.493 e. The zero-order valence-corrected chi connectivity index (χ0v) is 16.0. The number of methoxy groups -OCH3 is 2. The number of nitrogens with zero attached hydrogens (tertiary/aromatic N) is 2. The van der Waals surface area contributed by atoms with Gasteiger partial charge in [-0.1, -0.05) is 24.3 Å². The van der Waals surface area contributed by atoms with Crippen molar-refractivity contribution in [3.63, 3.8) is 0 Å². The predicted octanol–water partition coefficient (Wildman–Crippen LogP) is 2.98. The molecule has 5 nitrogen and oxygen atoms in total. The van der Waals surface area contributed by atoms with Gasteiger partial charge in [-0.15, -0.1) is 0 Å². The molecular formula is C22H26N2O3. The Bertz CT molecular complexity index is 836. The third kappa shape index (κ3) is 3.52. The minimum atomic E-state index is 0.0656. The van der Waals surface area contributed by atoms with Crippen LogP contribution in [-0.4, -0.2) is 55.6 Å². The Balaban J connectivity index is 1.43. The Kier molecular flexibility index (Phi) is 5.03. The van der Waals surface area contributed by atoms with Gasteiger partial charge in [-0.2, -0.15) is 0 Å². The van der Waals surface area contributed by atoms with E-state index in [-0.39, 0.29) is 5.91 Å². The van der Waals surface area contributed by atoms with Crippen molar-refractivity contribution < 1.29 is 14.3 Å². The van der Waals surface area contributed by atoms with Crippen LogP contribution < -0.4 is 9.47 Å². The van der Waals surface area contributed by atoms with E-state index in [2.05, 4.69) is 29.2 Å². The Labute approximate surface area is 160 Å². The van der Waals surface area contributed by atoms with Crippen molar-refractivity contribution in [3.8, 4) is 11.5 Å². The standard InChI is InChI=1S/C22H26N2O3/c1-26-20-8-7-17(13-21(20)27-2)22(25)24-12-10-19(15-24)23-11-9-16-5-3-4-6-18(16)14-23/h3-8,13,19H,9-12,14-15H2,1-2H3/t19-/m1/s1. The SMILES string of the molecule is COc1ccc(C(=O)N2CC[C@@H](N3CCc4ccccc4C3)C2)cc1OC. The highest BCUT2D eigenvalue weighted by Gasteiger charge is 2.32. The number of amides is 1. The molecule has 2 aromatic rings. The average Bonchev–Trinajstić information content (AvgIpc) is 3.22. The fraction of sp³-hybridized carbons (Fsp3) is 0.409. The molecule has 1 atom stereocenters. The molecule has 0 saturated carbocycles. The maximum absolute atomic E-state index is 13.0. The van der Waals surface area contributed by atoms with Gasteiger partial charge in [0.25, 0.3) is 5.91 Å². The molecule has 5 heteroatoms. The molecule has 0 aromatic heterocycles. The molecule has 27 heavy (non-hydrogen) atoms. The highest BCUT2D eigenvalue weighted by molar-refractivity contribution is 5.95. The van der Waals surface area contributed by atoms with Crippen LogP contribution in [0.3, 0.4) is 0 Å². The summed E-state index contributed by atoms with van der Waals surface area (Å²) in [5.41, 5.74) is 3.54. The second kappa shape index (κ2) is 7.61. The molecule has 2 heterocycles. The molecule has 0 aliphatic carbocycles. The number of benzene rings is 2. The largest absolute Gasteiger partial charge is 0.493 e. The minimum absolute atomic E-state index is 0.0656. The van der Waals surface area contributed by atoms with Crippen LogP contribution in [0, 0.1) is 0 Å². The molecule has 4 rings (SSSR count). The Morgan fingerprint density at radius 2 is 1.78 bits per heavy atom. The quantitative estimate of drug-likeness (QED) is 0.834. The molecular weight excluding hydrogens is 340 g/mol. The van der Waals surface area contributed by atoms with E-state index in [4.69, 9.17) is 9.47 Å². The lowest BCUT2D eigenvalue weighted by Crippen LogP contribution is -2.41. The predicted molar refractivity (Wildman–Crippen MR) is 104 cm³/mol. The van der Waals surface area contributed by atoms with Crippen LogP contribution in [0.4, 0.5) is 0 Å². The summed E-state index contributed by atoms with van der Waals surface area (Å²) in [5, 5.41) is 0. The number of carbonyl (C=O) groups is 1. The zero-order valence-electron chi connectivity index (χ0n) is 16.0. The van der Waals surface area contributed by atoms with Crippen LogP contribution in [0.15, 0.2) is 42.5 Å². The first-order valence-corrected chi connectivity index (χ1v) is 9.51. The molecule has 0 unspecified atom stereocenters. The maximum atomic E-state index is 13.0. The lowest BCUT2D eigenvalue weighted by Gasteiger charge is -2.33. The van der Waals surface area contributed by atoms with Crippen molar-refractivity contribution in [2.45, 2.75) is 25.4 Å². The van der Waals surface area contributed by atoms with Crippen molar-refractivity contribution in [2.24, 2.45) is 0 Å². The summed E-state index contributed by atoms with van der Waals surface area (Å²) in [6.07, 6.45) is 2.12. The van der Waals surface area contributed by atoms with Crippen LogP contribution in [-0.2, 0) is 13.0 Å². The molecule has 2 aliphatic heterocycles. The number of fused-ring (bicyclic) bond motifs is 1. The van der Waals surface area contributed by atoms with Gasteiger partial charge in [-0.3, -0.25) is 9.69 Å². The molecule has 142 valence electrons. The van der Waals surface area contributed by atoms with Crippen LogP contribution in [0.25, 0.3) is 0 Å². The van der Waals surface area contributed by atoms with Crippen molar-refractivity contribution in [2.75, 3.05) is 33.9 Å². The normalized spacial score (nSPS) is 19.6. The maximum Gasteiger partial charge on any atom is 0.254 e. The van der Waals surface area contributed by atoms with Crippen molar-refractivity contribution >= 4 is 5.91 Å². The Morgan fingerprint density at radius 3 is 2.56 bits per heavy atom. The Morgan fingerprint density at radius 1 is 1.00 bits per heavy atom. The Hall–Kier alpha value is -2.53. The van der Waals surface area contributed by atoms with Crippen molar-refractivity contribution in [1.29, 1.82) is 0 Å². The van der Waals surface area contributed by atoms with Gasteiger partial charge < -0.3 is 14.4 Å². The van der Waals surface area contributed by atoms with Crippen molar-refractivity contribution in [1.82, 2.24) is 9.80 Å². The first kappa shape index (κ1) is 17.9. The lowest BCUT2D eigenvalue weighted by molar-refractivity contribution is 0.0773. The summed E-state index contributed by atoms with van der Waals surface area (Å²) < 4.78 is 10.6. The topological polar surface area (TPSA) is 42.0 Å². The first-order valence-electron chi connectivity index (χ1n) is 9.51. The van der Waals surface area contributed by atoms with Gasteiger partial charge in [0.15, 0.2) is 11.5 Å². The molecule has 0 N–H and O–H groups in total. The summed E-state index contributed by atoms with van der Waals surface area (Å²) in [7, 11) is 3.19. The molecule has 0 spiro atoms. The molecule has 1 amide bonds. The van der Waals surface area contributed by atoms with Crippen LogP contribution in [0.5, 0.6) is 11.5 Å². The number of rotatable bonds is 4. The number of likely N-dealkylation sites (tertiary alicyclic amines) is 1. The zero-order chi connectivity index (χ0) is 18.8. The number of ether oxygens (including phenoxy) is 2. The average molecular weight is 366 g/mol. The van der Waals surface area contributed by atoms with Gasteiger partial charge in [-0.25, -0.2) is 0 Å². The van der Waals surface area contributed by atoms with Crippen LogP contribution in [0.2, 0.25) is 0 Å². The number of carbonyl (C=O) groups excluding carboxylic acids is 1. The number of hydrogen-bond donors (Lipinski definition) is 0.